The van der Waals surface area contributed by atoms with Gasteiger partial charge in [0, 0.05) is 0 Å². The number of para-hydroxylation sites is 2. The van der Waals surface area contributed by atoms with Crippen LogP contribution in [0.2, 0.25) is 0 Å². The van der Waals surface area contributed by atoms with E-state index in [1.807, 2.05) is 88.0 Å². The second kappa shape index (κ2) is 9.49. The van der Waals surface area contributed by atoms with Gasteiger partial charge in [0.15, 0.2) is 11.6 Å². The van der Waals surface area contributed by atoms with E-state index in [0.29, 0.717) is 33.5 Å². The number of rotatable bonds is 4. The lowest BCUT2D eigenvalue weighted by Gasteiger charge is -2.29. The monoisotopic (exact) mass is 618 g/mol. The fraction of sp³-hybridized carbons (Fsp3) is 0.389. The summed E-state index contributed by atoms with van der Waals surface area (Å²) >= 11 is 0. The van der Waals surface area contributed by atoms with Gasteiger partial charge in [0.05, 0.1) is 46.0 Å². The molecule has 2 fully saturated rings. The van der Waals surface area contributed by atoms with E-state index in [9.17, 15) is 19.8 Å². The molecule has 10 nitrogen and oxygen atoms in total. The van der Waals surface area contributed by atoms with Crippen LogP contribution in [0.15, 0.2) is 82.4 Å². The van der Waals surface area contributed by atoms with E-state index < -0.39 is 23.0 Å². The van der Waals surface area contributed by atoms with Crippen molar-refractivity contribution in [3.05, 3.63) is 116 Å². The van der Waals surface area contributed by atoms with E-state index in [0.717, 1.165) is 11.1 Å². The smallest absolute Gasteiger partial charge is 0.280 e. The number of aromatic nitrogens is 4. The molecule has 1 aliphatic carbocycles. The molecule has 3 aromatic carbocycles. The van der Waals surface area contributed by atoms with Crippen molar-refractivity contribution >= 4 is 21.8 Å². The lowest BCUT2D eigenvalue weighted by atomic mass is 9.88. The summed E-state index contributed by atoms with van der Waals surface area (Å²) < 4.78 is 3.16. The first-order chi connectivity index (χ1) is 21.8. The van der Waals surface area contributed by atoms with Crippen LogP contribution in [-0.4, -0.2) is 41.6 Å². The van der Waals surface area contributed by atoms with Gasteiger partial charge in [-0.15, -0.1) is 0 Å². The minimum atomic E-state index is -1.02. The van der Waals surface area contributed by atoms with Gasteiger partial charge in [-0.2, -0.15) is 0 Å². The molecule has 0 radical (unpaired) electrons. The van der Waals surface area contributed by atoms with Crippen LogP contribution in [0.25, 0.3) is 21.8 Å². The maximum atomic E-state index is 14.3. The van der Waals surface area contributed by atoms with Crippen molar-refractivity contribution in [2.24, 2.45) is 10.8 Å². The van der Waals surface area contributed by atoms with Gasteiger partial charge in [-0.25, -0.2) is 19.3 Å². The highest BCUT2D eigenvalue weighted by molar-refractivity contribution is 5.79. The molecule has 0 bridgehead atoms. The molecule has 0 spiro atoms. The fourth-order valence-corrected chi connectivity index (χ4v) is 7.24. The molecule has 2 aliphatic heterocycles. The Morgan fingerprint density at radius 3 is 1.30 bits per heavy atom. The summed E-state index contributed by atoms with van der Waals surface area (Å²) in [5.41, 5.74) is 1.54. The summed E-state index contributed by atoms with van der Waals surface area (Å²) in [4.78, 5) is 38.3. The van der Waals surface area contributed by atoms with Crippen LogP contribution in [0.3, 0.4) is 0 Å². The van der Waals surface area contributed by atoms with Gasteiger partial charge < -0.3 is 10.2 Å². The summed E-state index contributed by atoms with van der Waals surface area (Å²) in [6.45, 7) is 11.5. The molecule has 236 valence electrons. The third kappa shape index (κ3) is 4.02. The van der Waals surface area contributed by atoms with E-state index in [-0.39, 0.29) is 35.3 Å². The van der Waals surface area contributed by atoms with Crippen LogP contribution >= 0.6 is 0 Å². The summed E-state index contributed by atoms with van der Waals surface area (Å²) in [7, 11) is 0. The average Bonchev–Trinajstić information content (AvgIpc) is 3.93. The predicted octanol–water partition coefficient (Wildman–Crippen LogP) is 4.40. The first-order valence-electron chi connectivity index (χ1n) is 15.9. The first kappa shape index (κ1) is 28.9. The topological polar surface area (TPSA) is 116 Å². The average molecular weight is 619 g/mol. The van der Waals surface area contributed by atoms with Gasteiger partial charge in [-0.3, -0.25) is 19.6 Å². The van der Waals surface area contributed by atoms with E-state index in [1.54, 1.807) is 33.6 Å². The second-order valence-corrected chi connectivity index (χ2v) is 15.0. The van der Waals surface area contributed by atoms with E-state index >= 15 is 0 Å². The van der Waals surface area contributed by atoms with Crippen molar-refractivity contribution in [3.8, 4) is 0 Å². The lowest BCUT2D eigenvalue weighted by Crippen LogP contribution is -2.40. The Kier molecular flexibility index (Phi) is 5.96. The van der Waals surface area contributed by atoms with Crippen LogP contribution in [-0.2, 0) is 0 Å². The number of hydrogen-bond acceptors (Lipinski definition) is 8. The zero-order chi connectivity index (χ0) is 32.4. The van der Waals surface area contributed by atoms with Gasteiger partial charge in [0.2, 0.25) is 0 Å². The standard InChI is InChI=1S/C36H38N6O4/c1-35(2,3)29(43)31-37-23-17-11-9-15-21(23)33(45)41(31)39-25-19-13-7-8-14-20(19)26-28(27(25)39)40(26)42-32(30(44)36(4,5)6)38-24-18-12-10-16-22(24)34(42)46/h7-18,25-30,43-44H,1-6H3/t25-,26-,27-,28-,29+,30+,39?,40?/m0/s1. The largest absolute Gasteiger partial charge is 0.385 e. The molecule has 10 heteroatoms. The number of aliphatic hydroxyl groups excluding tert-OH is 2. The minimum Gasteiger partial charge on any atom is -0.385 e. The zero-order valence-electron chi connectivity index (χ0n) is 26.8. The molecule has 4 heterocycles. The Balaban J connectivity index is 1.33. The molecule has 0 unspecified atom stereocenters. The Morgan fingerprint density at radius 2 is 0.935 bits per heavy atom. The van der Waals surface area contributed by atoms with Crippen LogP contribution < -0.4 is 21.1 Å². The molecule has 46 heavy (non-hydrogen) atoms. The zero-order valence-corrected chi connectivity index (χ0v) is 26.8. The Bertz CT molecular complexity index is 2020. The molecule has 3 aliphatic rings. The molecule has 8 rings (SSSR count). The van der Waals surface area contributed by atoms with Crippen LogP contribution in [0.4, 0.5) is 0 Å². The molecule has 2 saturated heterocycles. The highest BCUT2D eigenvalue weighted by Gasteiger charge is 2.72. The minimum absolute atomic E-state index is 0.172. The molecule has 2 aromatic heterocycles. The van der Waals surface area contributed by atoms with E-state index in [4.69, 9.17) is 9.97 Å². The highest BCUT2D eigenvalue weighted by atomic mass is 16.3. The first-order valence-corrected chi connectivity index (χ1v) is 15.9. The van der Waals surface area contributed by atoms with Crippen molar-refractivity contribution in [2.45, 2.75) is 77.9 Å². The maximum absolute atomic E-state index is 14.3. The Morgan fingerprint density at radius 1 is 0.587 bits per heavy atom. The van der Waals surface area contributed by atoms with Crippen molar-refractivity contribution in [3.63, 3.8) is 0 Å². The molecule has 6 atom stereocenters. The Hall–Kier alpha value is -4.54. The van der Waals surface area contributed by atoms with Gasteiger partial charge in [-0.05, 0) is 46.2 Å². The highest BCUT2D eigenvalue weighted by Crippen LogP contribution is 2.62. The molecule has 0 saturated carbocycles. The summed E-state index contributed by atoms with van der Waals surface area (Å²) in [6.07, 6.45) is -2.04. The third-order valence-corrected chi connectivity index (χ3v) is 9.78. The molecular formula is C36H38N6O4. The number of benzene rings is 3. The quantitative estimate of drug-likeness (QED) is 0.285. The lowest BCUT2D eigenvalue weighted by molar-refractivity contribution is 0.0509. The molecule has 2 N–H and O–H groups in total. The number of aliphatic hydroxyl groups is 2. The molecule has 5 aromatic rings. The SMILES string of the molecule is CC(C)(C)[C@H](O)c1nc2ccccc2c(=O)n1N1[C@@H]2[C@@H]3[C@H](c4ccccc4[C@@H]21)N3n1c([C@@H](O)C(C)(C)C)nc2ccccc2c1=O. The van der Waals surface area contributed by atoms with Gasteiger partial charge in [0.25, 0.3) is 11.1 Å². The van der Waals surface area contributed by atoms with Crippen molar-refractivity contribution in [1.29, 1.82) is 0 Å². The fourth-order valence-electron chi connectivity index (χ4n) is 7.24. The van der Waals surface area contributed by atoms with Gasteiger partial charge in [-0.1, -0.05) is 90.1 Å². The number of nitrogens with zero attached hydrogens (tertiary/aromatic N) is 6. The summed E-state index contributed by atoms with van der Waals surface area (Å²) in [5, 5.41) is 28.2. The third-order valence-electron chi connectivity index (χ3n) is 9.78. The van der Waals surface area contributed by atoms with Crippen molar-refractivity contribution in [1.82, 2.24) is 19.3 Å². The van der Waals surface area contributed by atoms with Crippen molar-refractivity contribution < 1.29 is 10.2 Å². The van der Waals surface area contributed by atoms with Gasteiger partial charge in [0.1, 0.15) is 12.2 Å². The number of hydrogen-bond donors (Lipinski definition) is 2. The number of fused-ring (bicyclic) bond motifs is 8. The van der Waals surface area contributed by atoms with Crippen LogP contribution in [0, 0.1) is 10.8 Å². The Labute approximate surface area is 266 Å². The maximum Gasteiger partial charge on any atom is 0.280 e. The van der Waals surface area contributed by atoms with E-state index in [1.165, 1.54) is 0 Å². The summed E-state index contributed by atoms with van der Waals surface area (Å²) in [6, 6.07) is 21.8. The molecule has 0 amide bonds. The summed E-state index contributed by atoms with van der Waals surface area (Å²) in [5.74, 6) is 0.584. The molecular weight excluding hydrogens is 580 g/mol. The second-order valence-electron chi connectivity index (χ2n) is 15.0. The van der Waals surface area contributed by atoms with E-state index in [2.05, 4.69) is 12.1 Å². The van der Waals surface area contributed by atoms with Crippen LogP contribution in [0.5, 0.6) is 0 Å². The normalized spacial score (nSPS) is 23.1. The predicted molar refractivity (Wildman–Crippen MR) is 177 cm³/mol. The van der Waals surface area contributed by atoms with Crippen molar-refractivity contribution in [2.75, 3.05) is 10.0 Å². The van der Waals surface area contributed by atoms with Crippen LogP contribution in [0.1, 0.15) is 88.6 Å². The van der Waals surface area contributed by atoms with Gasteiger partial charge >= 0.3 is 0 Å².